The molecule has 0 saturated carbocycles. The molecule has 6 heteroatoms. The third kappa shape index (κ3) is 2.40. The third-order valence-corrected chi connectivity index (χ3v) is 3.89. The van der Waals surface area contributed by atoms with Gasteiger partial charge in [-0.2, -0.15) is 5.26 Å². The van der Waals surface area contributed by atoms with E-state index in [1.54, 1.807) is 18.2 Å². The van der Waals surface area contributed by atoms with Crippen molar-refractivity contribution >= 4 is 0 Å². The van der Waals surface area contributed by atoms with Gasteiger partial charge in [-0.25, -0.2) is 0 Å². The zero-order chi connectivity index (χ0) is 16.8. The first-order valence-corrected chi connectivity index (χ1v) is 7.28. The highest BCUT2D eigenvalue weighted by atomic mass is 16.5. The Morgan fingerprint density at radius 2 is 2.13 bits per heavy atom. The smallest absolute Gasteiger partial charge is 0.244 e. The van der Waals surface area contributed by atoms with Gasteiger partial charge in [0.2, 0.25) is 11.8 Å². The van der Waals surface area contributed by atoms with Crippen molar-refractivity contribution < 1.29 is 9.84 Å². The van der Waals surface area contributed by atoms with Crippen molar-refractivity contribution in [3.05, 3.63) is 52.5 Å². The van der Waals surface area contributed by atoms with Crippen LogP contribution < -0.4 is 10.5 Å². The Morgan fingerprint density at radius 3 is 2.74 bits per heavy atom. The molecule has 0 bridgehead atoms. The number of aromatic amines is 1. The molecule has 1 unspecified atom stereocenters. The maximum Gasteiger partial charge on any atom is 0.244 e. The van der Waals surface area contributed by atoms with E-state index in [0.29, 0.717) is 11.5 Å². The fraction of sp³-hybridized carbons (Fsp3) is 0.294. The predicted molar refractivity (Wildman–Crippen MR) is 84.7 cm³/mol. The predicted octanol–water partition coefficient (Wildman–Crippen LogP) is 2.63. The van der Waals surface area contributed by atoms with Crippen LogP contribution >= 0.6 is 0 Å². The van der Waals surface area contributed by atoms with E-state index in [-0.39, 0.29) is 17.0 Å². The Bertz CT molecular complexity index is 837. The van der Waals surface area contributed by atoms with E-state index in [9.17, 15) is 10.4 Å². The molecule has 0 amide bonds. The number of nitriles is 1. The number of H-pyrrole nitrogens is 1. The van der Waals surface area contributed by atoms with Gasteiger partial charge < -0.3 is 15.6 Å². The number of ether oxygens (including phenoxy) is 1. The highest BCUT2D eigenvalue weighted by Gasteiger charge is 2.38. The van der Waals surface area contributed by atoms with Gasteiger partial charge in [0, 0.05) is 11.1 Å². The summed E-state index contributed by atoms with van der Waals surface area (Å²) in [5.41, 5.74) is 8.43. The Kier molecular flexibility index (Phi) is 3.29. The van der Waals surface area contributed by atoms with Gasteiger partial charge in [0.05, 0.1) is 11.5 Å². The van der Waals surface area contributed by atoms with Crippen molar-refractivity contribution in [3.63, 3.8) is 0 Å². The second kappa shape index (κ2) is 5.06. The van der Waals surface area contributed by atoms with E-state index >= 15 is 0 Å². The Hall–Kier alpha value is -2.94. The molecule has 0 aliphatic carbocycles. The van der Waals surface area contributed by atoms with E-state index in [1.807, 2.05) is 26.8 Å². The van der Waals surface area contributed by atoms with Gasteiger partial charge in [-0.3, -0.25) is 5.10 Å². The summed E-state index contributed by atoms with van der Waals surface area (Å²) in [5, 5.41) is 26.6. The van der Waals surface area contributed by atoms with Gasteiger partial charge in [-0.15, -0.1) is 5.10 Å². The molecule has 1 aliphatic rings. The van der Waals surface area contributed by atoms with Gasteiger partial charge >= 0.3 is 0 Å². The van der Waals surface area contributed by atoms with Crippen LogP contribution in [0.3, 0.4) is 0 Å². The van der Waals surface area contributed by atoms with Crippen LogP contribution in [0.15, 0.2) is 35.7 Å². The highest BCUT2D eigenvalue weighted by Crippen LogP contribution is 2.45. The van der Waals surface area contributed by atoms with E-state index in [1.165, 1.54) is 0 Å². The van der Waals surface area contributed by atoms with Crippen LogP contribution in [0.4, 0.5) is 0 Å². The molecule has 0 radical (unpaired) electrons. The topological polar surface area (TPSA) is 108 Å². The number of phenolic OH excluding ortho intramolecular Hbond substituents is 1. The lowest BCUT2D eigenvalue weighted by molar-refractivity contribution is 0.378. The molecule has 2 heterocycles. The molecule has 4 N–H and O–H groups in total. The number of benzene rings is 1. The summed E-state index contributed by atoms with van der Waals surface area (Å²) < 4.78 is 5.52. The largest absolute Gasteiger partial charge is 0.508 e. The average molecular weight is 310 g/mol. The van der Waals surface area contributed by atoms with Crippen molar-refractivity contribution in [1.29, 1.82) is 5.26 Å². The summed E-state index contributed by atoms with van der Waals surface area (Å²) in [7, 11) is 0. The van der Waals surface area contributed by atoms with E-state index in [4.69, 9.17) is 10.5 Å². The number of phenols is 1. The SMILES string of the molecule is CC(C)(C)c1[nH]nc2c1C(c1cccc(O)c1)C(C#N)=C(N)O2. The van der Waals surface area contributed by atoms with Gasteiger partial charge in [0.15, 0.2) is 0 Å². The van der Waals surface area contributed by atoms with Crippen molar-refractivity contribution in [2.24, 2.45) is 5.73 Å². The molecule has 0 fully saturated rings. The van der Waals surface area contributed by atoms with Crippen LogP contribution in [0.5, 0.6) is 11.6 Å². The van der Waals surface area contributed by atoms with Crippen LogP contribution in [0.2, 0.25) is 0 Å². The minimum atomic E-state index is -0.427. The Balaban J connectivity index is 2.28. The number of nitrogens with one attached hydrogen (secondary N) is 1. The summed E-state index contributed by atoms with van der Waals surface area (Å²) >= 11 is 0. The maximum atomic E-state index is 9.81. The first kappa shape index (κ1) is 15.0. The molecule has 3 rings (SSSR count). The molecule has 118 valence electrons. The zero-order valence-electron chi connectivity index (χ0n) is 13.2. The number of rotatable bonds is 1. The number of nitrogens with zero attached hydrogens (tertiary/aromatic N) is 2. The van der Waals surface area contributed by atoms with Crippen LogP contribution in [0.25, 0.3) is 0 Å². The first-order valence-electron chi connectivity index (χ1n) is 7.28. The average Bonchev–Trinajstić information content (AvgIpc) is 2.89. The van der Waals surface area contributed by atoms with Gasteiger partial charge in [-0.05, 0) is 17.7 Å². The van der Waals surface area contributed by atoms with Gasteiger partial charge in [0.1, 0.15) is 17.4 Å². The molecule has 6 nitrogen and oxygen atoms in total. The highest BCUT2D eigenvalue weighted by molar-refractivity contribution is 5.56. The minimum Gasteiger partial charge on any atom is -0.508 e. The second-order valence-corrected chi connectivity index (χ2v) is 6.59. The molecule has 1 atom stereocenters. The fourth-order valence-electron chi connectivity index (χ4n) is 2.85. The molecule has 2 aromatic rings. The molecule has 1 aromatic carbocycles. The molecule has 1 aromatic heterocycles. The van der Waals surface area contributed by atoms with E-state index in [0.717, 1.165) is 16.8 Å². The normalized spacial score (nSPS) is 17.4. The Labute approximate surface area is 134 Å². The zero-order valence-corrected chi connectivity index (χ0v) is 13.2. The lowest BCUT2D eigenvalue weighted by atomic mass is 9.79. The number of nitrogens with two attached hydrogens (primary N) is 1. The van der Waals surface area contributed by atoms with Crippen LogP contribution in [0.1, 0.15) is 43.5 Å². The number of aromatic nitrogens is 2. The summed E-state index contributed by atoms with van der Waals surface area (Å²) in [6.45, 7) is 6.15. The summed E-state index contributed by atoms with van der Waals surface area (Å²) in [5.74, 6) is 0.121. The standard InChI is InChI=1S/C17H18N4O2/c1-17(2,3)14-13-12(9-5-4-6-10(22)7-9)11(8-18)15(19)23-16(13)21-20-14/h4-7,12,22H,19H2,1-3H3,(H,20,21). The van der Waals surface area contributed by atoms with Crippen LogP contribution in [-0.4, -0.2) is 15.3 Å². The van der Waals surface area contributed by atoms with Crippen molar-refractivity contribution in [1.82, 2.24) is 10.2 Å². The summed E-state index contributed by atoms with van der Waals surface area (Å²) in [6.07, 6.45) is 0. The van der Waals surface area contributed by atoms with Crippen LogP contribution in [-0.2, 0) is 5.41 Å². The van der Waals surface area contributed by atoms with Crippen LogP contribution in [0, 0.1) is 11.3 Å². The Morgan fingerprint density at radius 1 is 1.39 bits per heavy atom. The lowest BCUT2D eigenvalue weighted by Gasteiger charge is -2.27. The molecule has 1 aliphatic heterocycles. The van der Waals surface area contributed by atoms with Crippen molar-refractivity contribution in [2.45, 2.75) is 32.1 Å². The van der Waals surface area contributed by atoms with Crippen molar-refractivity contribution in [3.8, 4) is 17.7 Å². The lowest BCUT2D eigenvalue weighted by Crippen LogP contribution is -2.23. The number of hydrogen-bond acceptors (Lipinski definition) is 5. The molecule has 23 heavy (non-hydrogen) atoms. The van der Waals surface area contributed by atoms with E-state index in [2.05, 4.69) is 16.3 Å². The van der Waals surface area contributed by atoms with Gasteiger partial charge in [0.25, 0.3) is 0 Å². The number of allylic oxidation sites excluding steroid dienone is 1. The molecular formula is C17H18N4O2. The second-order valence-electron chi connectivity index (χ2n) is 6.59. The van der Waals surface area contributed by atoms with Crippen molar-refractivity contribution in [2.75, 3.05) is 0 Å². The third-order valence-electron chi connectivity index (χ3n) is 3.89. The quantitative estimate of drug-likeness (QED) is 0.750. The molecule has 0 spiro atoms. The maximum absolute atomic E-state index is 9.81. The summed E-state index contributed by atoms with van der Waals surface area (Å²) in [6, 6.07) is 8.94. The number of aromatic hydroxyl groups is 1. The van der Waals surface area contributed by atoms with Gasteiger partial charge in [-0.1, -0.05) is 32.9 Å². The fourth-order valence-corrected chi connectivity index (χ4v) is 2.85. The first-order chi connectivity index (χ1) is 10.8. The number of fused-ring (bicyclic) bond motifs is 1. The molecule has 0 saturated heterocycles. The number of hydrogen-bond donors (Lipinski definition) is 3. The monoisotopic (exact) mass is 310 g/mol. The molecular weight excluding hydrogens is 292 g/mol. The van der Waals surface area contributed by atoms with E-state index < -0.39 is 5.92 Å². The minimum absolute atomic E-state index is 0.0419. The summed E-state index contributed by atoms with van der Waals surface area (Å²) in [4.78, 5) is 0.